The fourth-order valence-electron chi connectivity index (χ4n) is 2.05. The van der Waals surface area contributed by atoms with Gasteiger partial charge in [-0.25, -0.2) is 8.42 Å². The van der Waals surface area contributed by atoms with E-state index in [4.69, 9.17) is 4.74 Å². The van der Waals surface area contributed by atoms with Crippen LogP contribution in [0, 0.1) is 0 Å². The SMILES string of the molecule is COC(=O)[C@@H]1CC=CCCN1S(=O)(=O)CC[Si](C)(C)C. The Hall–Kier alpha value is -0.663. The molecule has 0 aromatic rings. The maximum Gasteiger partial charge on any atom is 0.324 e. The van der Waals surface area contributed by atoms with Gasteiger partial charge in [-0.1, -0.05) is 31.8 Å². The third-order valence-corrected chi connectivity index (χ3v) is 7.31. The molecular formula is C13H25NO4SSi. The zero-order chi connectivity index (χ0) is 15.4. The van der Waals surface area contributed by atoms with Gasteiger partial charge in [0.05, 0.1) is 12.9 Å². The summed E-state index contributed by atoms with van der Waals surface area (Å²) in [5.41, 5.74) is 0. The monoisotopic (exact) mass is 319 g/mol. The summed E-state index contributed by atoms with van der Waals surface area (Å²) in [6.07, 6.45) is 4.80. The molecule has 116 valence electrons. The standard InChI is InChI=1S/C13H25NO4SSi/c1-18-13(15)12-8-6-5-7-9-14(12)19(16,17)10-11-20(2,3)4/h5-6,12H,7-11H2,1-4H3/t12-/m0/s1. The first kappa shape index (κ1) is 17.4. The number of rotatable bonds is 5. The Bertz CT molecular complexity index is 467. The molecule has 1 atom stereocenters. The highest BCUT2D eigenvalue weighted by Gasteiger charge is 2.35. The Morgan fingerprint density at radius 3 is 2.55 bits per heavy atom. The van der Waals surface area contributed by atoms with Crippen LogP contribution in [0.2, 0.25) is 25.7 Å². The molecule has 0 unspecified atom stereocenters. The molecule has 0 radical (unpaired) electrons. The van der Waals surface area contributed by atoms with Crippen molar-refractivity contribution in [2.75, 3.05) is 19.4 Å². The molecule has 0 aliphatic carbocycles. The van der Waals surface area contributed by atoms with Gasteiger partial charge < -0.3 is 4.74 Å². The van der Waals surface area contributed by atoms with E-state index in [0.717, 1.165) is 0 Å². The van der Waals surface area contributed by atoms with E-state index in [2.05, 4.69) is 19.6 Å². The van der Waals surface area contributed by atoms with Crippen molar-refractivity contribution in [3.8, 4) is 0 Å². The van der Waals surface area contributed by atoms with Crippen LogP contribution in [0.4, 0.5) is 0 Å². The maximum atomic E-state index is 12.5. The van der Waals surface area contributed by atoms with Crippen LogP contribution in [0.15, 0.2) is 12.2 Å². The molecule has 0 fully saturated rings. The number of methoxy groups -OCH3 is 1. The van der Waals surface area contributed by atoms with Crippen LogP contribution >= 0.6 is 0 Å². The average Bonchev–Trinajstić information content (AvgIpc) is 2.61. The molecule has 0 aromatic heterocycles. The predicted molar refractivity (Wildman–Crippen MR) is 82.8 cm³/mol. The Labute approximate surface area is 123 Å². The minimum absolute atomic E-state index is 0.121. The van der Waals surface area contributed by atoms with E-state index in [1.165, 1.54) is 11.4 Å². The minimum atomic E-state index is -3.42. The second kappa shape index (κ2) is 6.86. The molecule has 0 spiro atoms. The lowest BCUT2D eigenvalue weighted by Crippen LogP contribution is -2.46. The largest absolute Gasteiger partial charge is 0.468 e. The van der Waals surface area contributed by atoms with E-state index in [1.807, 2.05) is 12.2 Å². The Kier molecular flexibility index (Phi) is 5.97. The van der Waals surface area contributed by atoms with Gasteiger partial charge in [-0.2, -0.15) is 4.31 Å². The van der Waals surface area contributed by atoms with Gasteiger partial charge in [0.2, 0.25) is 10.0 Å². The number of ether oxygens (including phenoxy) is 1. The molecule has 1 aliphatic rings. The summed E-state index contributed by atoms with van der Waals surface area (Å²) < 4.78 is 31.1. The van der Waals surface area contributed by atoms with E-state index < -0.39 is 30.1 Å². The van der Waals surface area contributed by atoms with Gasteiger partial charge in [-0.05, 0) is 18.9 Å². The van der Waals surface area contributed by atoms with Gasteiger partial charge in [0.1, 0.15) is 6.04 Å². The number of nitrogens with zero attached hydrogens (tertiary/aromatic N) is 1. The second-order valence-electron chi connectivity index (χ2n) is 6.27. The zero-order valence-corrected chi connectivity index (χ0v) is 14.6. The van der Waals surface area contributed by atoms with Crippen molar-refractivity contribution in [2.45, 2.75) is 44.6 Å². The fraction of sp³-hybridized carbons (Fsp3) is 0.769. The summed E-state index contributed by atoms with van der Waals surface area (Å²) >= 11 is 0. The third-order valence-electron chi connectivity index (χ3n) is 3.33. The lowest BCUT2D eigenvalue weighted by Gasteiger charge is -2.28. The number of esters is 1. The van der Waals surface area contributed by atoms with Crippen LogP contribution in [0.1, 0.15) is 12.8 Å². The van der Waals surface area contributed by atoms with E-state index in [-0.39, 0.29) is 5.75 Å². The number of hydrogen-bond acceptors (Lipinski definition) is 4. The van der Waals surface area contributed by atoms with Crippen LogP contribution in [-0.2, 0) is 19.6 Å². The highest BCUT2D eigenvalue weighted by Crippen LogP contribution is 2.20. The third kappa shape index (κ3) is 5.03. The molecule has 0 bridgehead atoms. The summed E-state index contributed by atoms with van der Waals surface area (Å²) in [7, 11) is -3.56. The molecule has 1 rings (SSSR count). The molecule has 0 amide bonds. The van der Waals surface area contributed by atoms with Crippen LogP contribution in [0.5, 0.6) is 0 Å². The Morgan fingerprint density at radius 2 is 2.00 bits per heavy atom. The van der Waals surface area contributed by atoms with Crippen molar-refractivity contribution < 1.29 is 17.9 Å². The molecule has 0 saturated heterocycles. The minimum Gasteiger partial charge on any atom is -0.468 e. The van der Waals surface area contributed by atoms with Crippen LogP contribution in [-0.4, -0.2) is 52.2 Å². The summed E-state index contributed by atoms with van der Waals surface area (Å²) in [5, 5.41) is 0. The number of carbonyl (C=O) groups excluding carboxylic acids is 1. The Morgan fingerprint density at radius 1 is 1.35 bits per heavy atom. The smallest absolute Gasteiger partial charge is 0.324 e. The number of sulfonamides is 1. The first-order chi connectivity index (χ1) is 9.17. The van der Waals surface area contributed by atoms with Crippen molar-refractivity contribution in [3.63, 3.8) is 0 Å². The van der Waals surface area contributed by atoms with Gasteiger partial charge in [-0.3, -0.25) is 4.79 Å². The van der Waals surface area contributed by atoms with E-state index in [0.29, 0.717) is 25.4 Å². The lowest BCUT2D eigenvalue weighted by molar-refractivity contribution is -0.145. The van der Waals surface area contributed by atoms with Crippen molar-refractivity contribution in [1.82, 2.24) is 4.31 Å². The second-order valence-corrected chi connectivity index (χ2v) is 13.9. The topological polar surface area (TPSA) is 63.7 Å². The quantitative estimate of drug-likeness (QED) is 0.441. The molecule has 0 N–H and O–H groups in total. The summed E-state index contributed by atoms with van der Waals surface area (Å²) in [6, 6.07) is -0.0157. The molecule has 0 aromatic carbocycles. The van der Waals surface area contributed by atoms with Gasteiger partial charge >= 0.3 is 5.97 Å². The number of carbonyl (C=O) groups is 1. The van der Waals surface area contributed by atoms with Gasteiger partial charge in [-0.15, -0.1) is 0 Å². The molecule has 7 heteroatoms. The average molecular weight is 319 g/mol. The van der Waals surface area contributed by atoms with Crippen LogP contribution in [0.3, 0.4) is 0 Å². The maximum absolute atomic E-state index is 12.5. The summed E-state index contributed by atoms with van der Waals surface area (Å²) in [4.78, 5) is 11.8. The molecule has 0 saturated carbocycles. The highest BCUT2D eigenvalue weighted by atomic mass is 32.2. The molecule has 20 heavy (non-hydrogen) atoms. The predicted octanol–water partition coefficient (Wildman–Crippen LogP) is 1.85. The van der Waals surface area contributed by atoms with Crippen molar-refractivity contribution >= 4 is 24.1 Å². The van der Waals surface area contributed by atoms with Crippen LogP contribution < -0.4 is 0 Å². The fourth-order valence-corrected chi connectivity index (χ4v) is 6.71. The molecule has 1 heterocycles. The lowest BCUT2D eigenvalue weighted by atomic mass is 10.2. The first-order valence-electron chi connectivity index (χ1n) is 6.90. The van der Waals surface area contributed by atoms with Crippen molar-refractivity contribution in [2.24, 2.45) is 0 Å². The van der Waals surface area contributed by atoms with Crippen molar-refractivity contribution in [1.29, 1.82) is 0 Å². The van der Waals surface area contributed by atoms with Gasteiger partial charge in [0.15, 0.2) is 0 Å². The van der Waals surface area contributed by atoms with Gasteiger partial charge in [0.25, 0.3) is 0 Å². The van der Waals surface area contributed by atoms with Crippen molar-refractivity contribution in [3.05, 3.63) is 12.2 Å². The van der Waals surface area contributed by atoms with E-state index >= 15 is 0 Å². The normalized spacial score (nSPS) is 21.5. The van der Waals surface area contributed by atoms with E-state index in [9.17, 15) is 13.2 Å². The highest BCUT2D eigenvalue weighted by molar-refractivity contribution is 7.89. The summed E-state index contributed by atoms with van der Waals surface area (Å²) in [5.74, 6) is -0.357. The molecule has 1 aliphatic heterocycles. The summed E-state index contributed by atoms with van der Waals surface area (Å²) in [6.45, 7) is 6.78. The van der Waals surface area contributed by atoms with Gasteiger partial charge in [0, 0.05) is 14.6 Å². The number of hydrogen-bond donors (Lipinski definition) is 0. The molecule has 5 nitrogen and oxygen atoms in total. The zero-order valence-electron chi connectivity index (χ0n) is 12.8. The van der Waals surface area contributed by atoms with Crippen LogP contribution in [0.25, 0.3) is 0 Å². The van der Waals surface area contributed by atoms with E-state index in [1.54, 1.807) is 0 Å². The Balaban J connectivity index is 2.90. The first-order valence-corrected chi connectivity index (χ1v) is 12.2. The molecular weight excluding hydrogens is 294 g/mol.